The van der Waals surface area contributed by atoms with Gasteiger partial charge in [0.2, 0.25) is 0 Å². The van der Waals surface area contributed by atoms with Gasteiger partial charge in [0.05, 0.1) is 26.2 Å². The first-order valence-corrected chi connectivity index (χ1v) is 5.69. The Kier molecular flexibility index (Phi) is 11.2. The minimum absolute atomic E-state index is 0. The molecule has 0 spiro atoms. The van der Waals surface area contributed by atoms with Gasteiger partial charge >= 0.3 is 0 Å². The highest BCUT2D eigenvalue weighted by Crippen LogP contribution is 2.08. The Balaban J connectivity index is 0. The zero-order chi connectivity index (χ0) is 9.45. The molecule has 0 rings (SSSR count). The highest BCUT2D eigenvalue weighted by atomic mass is 35.5. The molecule has 0 aliphatic rings. The second-order valence-electron chi connectivity index (χ2n) is 3.41. The number of hydrogen-bond acceptors (Lipinski definition) is 0. The highest BCUT2D eigenvalue weighted by Gasteiger charge is 2.19. The Morgan fingerprint density at radius 1 is 0.923 bits per heavy atom. The van der Waals surface area contributed by atoms with E-state index >= 15 is 0 Å². The summed E-state index contributed by atoms with van der Waals surface area (Å²) in [5.74, 6) is 0.817. The molecule has 0 aromatic carbocycles. The number of unbranched alkanes of at least 4 members (excludes halogenated alkanes) is 1. The summed E-state index contributed by atoms with van der Waals surface area (Å²) >= 11 is 5.65. The Morgan fingerprint density at radius 3 is 1.69 bits per heavy atom. The summed E-state index contributed by atoms with van der Waals surface area (Å²) in [4.78, 5) is 0. The summed E-state index contributed by atoms with van der Waals surface area (Å²) in [6.45, 7) is 11.9. The second kappa shape index (κ2) is 9.11. The maximum absolute atomic E-state index is 5.65. The topological polar surface area (TPSA) is 0 Å². The minimum Gasteiger partial charge on any atom is -1.00 e. The van der Waals surface area contributed by atoms with Gasteiger partial charge in [-0.2, -0.15) is 0 Å². The molecule has 0 fully saturated rings. The fourth-order valence-electron chi connectivity index (χ4n) is 1.69. The van der Waals surface area contributed by atoms with Gasteiger partial charge in [0.15, 0.2) is 0 Å². The van der Waals surface area contributed by atoms with Crippen molar-refractivity contribution >= 4 is 11.6 Å². The van der Waals surface area contributed by atoms with Crippen LogP contribution in [-0.2, 0) is 0 Å². The zero-order valence-electron chi connectivity index (χ0n) is 9.15. The molecule has 0 N–H and O–H groups in total. The minimum atomic E-state index is 0. The van der Waals surface area contributed by atoms with Gasteiger partial charge in [-0.25, -0.2) is 0 Å². The van der Waals surface area contributed by atoms with E-state index < -0.39 is 0 Å². The average Bonchev–Trinajstić information content (AvgIpc) is 2.14. The molecule has 1 nitrogen and oxygen atoms in total. The molecule has 82 valence electrons. The summed E-state index contributed by atoms with van der Waals surface area (Å²) < 4.78 is 1.26. The molecular formula is C10H23Cl2N. The first kappa shape index (κ1) is 16.0. The zero-order valence-corrected chi connectivity index (χ0v) is 10.7. The van der Waals surface area contributed by atoms with Crippen molar-refractivity contribution in [3.05, 3.63) is 0 Å². The molecule has 13 heavy (non-hydrogen) atoms. The Hall–Kier alpha value is 0.540. The van der Waals surface area contributed by atoms with Crippen LogP contribution in [0.25, 0.3) is 0 Å². The fourth-order valence-corrected chi connectivity index (χ4v) is 1.88. The SMILES string of the molecule is CC[N+](CC)(CC)CCCCCl.[Cl-]. The van der Waals surface area contributed by atoms with Crippen molar-refractivity contribution in [1.82, 2.24) is 0 Å². The van der Waals surface area contributed by atoms with Gasteiger partial charge in [0.1, 0.15) is 0 Å². The maximum atomic E-state index is 5.65. The van der Waals surface area contributed by atoms with E-state index in [0.717, 1.165) is 5.88 Å². The van der Waals surface area contributed by atoms with Gasteiger partial charge < -0.3 is 16.9 Å². The van der Waals surface area contributed by atoms with Crippen LogP contribution in [-0.4, -0.2) is 36.5 Å². The molecule has 0 atom stereocenters. The van der Waals surface area contributed by atoms with Gasteiger partial charge in [0, 0.05) is 5.88 Å². The molecule has 3 heteroatoms. The van der Waals surface area contributed by atoms with Crippen LogP contribution in [0.2, 0.25) is 0 Å². The predicted octanol–water partition coefficient (Wildman–Crippen LogP) is -0.114. The standard InChI is InChI=1S/C10H23ClN.ClH/c1-4-12(5-2,6-3)10-8-7-9-11;/h4-10H2,1-3H3;1H/q+1;/p-1. The molecule has 0 aromatic heterocycles. The van der Waals surface area contributed by atoms with E-state index in [4.69, 9.17) is 11.6 Å². The van der Waals surface area contributed by atoms with Crippen molar-refractivity contribution in [3.8, 4) is 0 Å². The summed E-state index contributed by atoms with van der Waals surface area (Å²) in [7, 11) is 0. The Morgan fingerprint density at radius 2 is 1.38 bits per heavy atom. The smallest absolute Gasteiger partial charge is 0.0786 e. The van der Waals surface area contributed by atoms with Gasteiger partial charge in [0.25, 0.3) is 0 Å². The van der Waals surface area contributed by atoms with Crippen LogP contribution in [0.1, 0.15) is 33.6 Å². The summed E-state index contributed by atoms with van der Waals surface area (Å²) in [6.07, 6.45) is 2.45. The molecule has 0 aliphatic heterocycles. The average molecular weight is 228 g/mol. The van der Waals surface area contributed by atoms with Crippen LogP contribution in [0.4, 0.5) is 0 Å². The monoisotopic (exact) mass is 227 g/mol. The molecule has 0 heterocycles. The van der Waals surface area contributed by atoms with E-state index in [-0.39, 0.29) is 12.4 Å². The number of quaternary nitrogens is 1. The number of halogens is 2. The van der Waals surface area contributed by atoms with E-state index in [9.17, 15) is 0 Å². The quantitative estimate of drug-likeness (QED) is 0.324. The molecule has 0 saturated heterocycles. The molecule has 0 unspecified atom stereocenters. The van der Waals surface area contributed by atoms with E-state index in [2.05, 4.69) is 20.8 Å². The van der Waals surface area contributed by atoms with Crippen molar-refractivity contribution in [1.29, 1.82) is 0 Å². The summed E-state index contributed by atoms with van der Waals surface area (Å²) in [6, 6.07) is 0. The molecule has 0 saturated carbocycles. The summed E-state index contributed by atoms with van der Waals surface area (Å²) in [5, 5.41) is 0. The number of rotatable bonds is 7. The van der Waals surface area contributed by atoms with Crippen molar-refractivity contribution < 1.29 is 16.9 Å². The predicted molar refractivity (Wildman–Crippen MR) is 56.7 cm³/mol. The lowest BCUT2D eigenvalue weighted by atomic mass is 10.2. The first-order chi connectivity index (χ1) is 5.74. The van der Waals surface area contributed by atoms with Crippen molar-refractivity contribution in [2.45, 2.75) is 33.6 Å². The molecule has 0 aromatic rings. The van der Waals surface area contributed by atoms with Crippen LogP contribution < -0.4 is 12.4 Å². The van der Waals surface area contributed by atoms with Crippen LogP contribution in [0.5, 0.6) is 0 Å². The summed E-state index contributed by atoms with van der Waals surface area (Å²) in [5.41, 5.74) is 0. The van der Waals surface area contributed by atoms with E-state index in [1.54, 1.807) is 0 Å². The Labute approximate surface area is 94.4 Å². The normalized spacial score (nSPS) is 11.1. The van der Waals surface area contributed by atoms with Gasteiger partial charge in [-0.3, -0.25) is 0 Å². The Bertz CT molecular complexity index is 94.8. The maximum Gasteiger partial charge on any atom is 0.0786 e. The lowest BCUT2D eigenvalue weighted by Gasteiger charge is -2.35. The van der Waals surface area contributed by atoms with Gasteiger partial charge in [-0.1, -0.05) is 0 Å². The molecule has 0 aliphatic carbocycles. The molecule has 0 radical (unpaired) electrons. The van der Waals surface area contributed by atoms with E-state index in [0.29, 0.717) is 0 Å². The molecular weight excluding hydrogens is 205 g/mol. The van der Waals surface area contributed by atoms with Crippen molar-refractivity contribution in [2.75, 3.05) is 32.1 Å². The fraction of sp³-hybridized carbons (Fsp3) is 1.00. The van der Waals surface area contributed by atoms with Crippen molar-refractivity contribution in [2.24, 2.45) is 0 Å². The number of alkyl halides is 1. The second-order valence-corrected chi connectivity index (χ2v) is 3.79. The van der Waals surface area contributed by atoms with Crippen molar-refractivity contribution in [3.63, 3.8) is 0 Å². The van der Waals surface area contributed by atoms with Crippen LogP contribution in [0.3, 0.4) is 0 Å². The van der Waals surface area contributed by atoms with Crippen LogP contribution in [0.15, 0.2) is 0 Å². The first-order valence-electron chi connectivity index (χ1n) is 5.15. The lowest BCUT2D eigenvalue weighted by Crippen LogP contribution is -3.00. The lowest BCUT2D eigenvalue weighted by molar-refractivity contribution is -0.923. The highest BCUT2D eigenvalue weighted by molar-refractivity contribution is 6.17. The molecule has 0 bridgehead atoms. The third-order valence-electron chi connectivity index (χ3n) is 3.03. The van der Waals surface area contributed by atoms with Crippen LogP contribution >= 0.6 is 11.6 Å². The third-order valence-corrected chi connectivity index (χ3v) is 3.30. The van der Waals surface area contributed by atoms with E-state index in [1.807, 2.05) is 0 Å². The molecule has 0 amide bonds. The number of hydrogen-bond donors (Lipinski definition) is 0. The van der Waals surface area contributed by atoms with E-state index in [1.165, 1.54) is 43.5 Å². The number of nitrogens with zero attached hydrogens (tertiary/aromatic N) is 1. The largest absolute Gasteiger partial charge is 1.00 e. The van der Waals surface area contributed by atoms with Crippen LogP contribution in [0, 0.1) is 0 Å². The van der Waals surface area contributed by atoms with Gasteiger partial charge in [-0.15, -0.1) is 11.6 Å². The van der Waals surface area contributed by atoms with Gasteiger partial charge in [-0.05, 0) is 33.6 Å². The third kappa shape index (κ3) is 5.77.